The number of carbonyl (C=O) groups is 3. The first-order valence-electron chi connectivity index (χ1n) is 9.82. The number of amides is 3. The number of furan rings is 1. The van der Waals surface area contributed by atoms with E-state index in [9.17, 15) is 19.5 Å². The zero-order valence-electron chi connectivity index (χ0n) is 16.5. The van der Waals surface area contributed by atoms with Gasteiger partial charge in [0.05, 0.1) is 11.1 Å². The molecule has 1 aliphatic rings. The molecule has 3 heterocycles. The van der Waals surface area contributed by atoms with Gasteiger partial charge in [0.2, 0.25) is 5.91 Å². The highest BCUT2D eigenvalue weighted by Crippen LogP contribution is 2.31. The second-order valence-corrected chi connectivity index (χ2v) is 8.17. The molecule has 0 spiro atoms. The van der Waals surface area contributed by atoms with Crippen LogP contribution in [0.2, 0.25) is 0 Å². The summed E-state index contributed by atoms with van der Waals surface area (Å²) in [6, 6.07) is 14.0. The number of thiophene rings is 1. The number of hydrogen-bond donors (Lipinski definition) is 3. The van der Waals surface area contributed by atoms with Gasteiger partial charge in [0.25, 0.3) is 0 Å². The lowest BCUT2D eigenvalue weighted by Gasteiger charge is -2.16. The lowest BCUT2D eigenvalue weighted by Crippen LogP contribution is -2.37. The lowest BCUT2D eigenvalue weighted by molar-refractivity contribution is -0.136. The van der Waals surface area contributed by atoms with Crippen molar-refractivity contribution in [3.8, 4) is 10.6 Å². The Morgan fingerprint density at radius 1 is 1.16 bits per heavy atom. The molecule has 1 aliphatic heterocycles. The van der Waals surface area contributed by atoms with Crippen molar-refractivity contribution in [3.63, 3.8) is 0 Å². The summed E-state index contributed by atoms with van der Waals surface area (Å²) in [6.07, 6.45) is 1.93. The summed E-state index contributed by atoms with van der Waals surface area (Å²) in [6.45, 7) is 0.533. The lowest BCUT2D eigenvalue weighted by atomic mass is 10.2. The van der Waals surface area contributed by atoms with Crippen molar-refractivity contribution < 1.29 is 23.9 Å². The fraction of sp³-hybridized carbons (Fsp3) is 0.227. The maximum atomic E-state index is 12.2. The molecule has 4 rings (SSSR count). The topological polar surface area (TPSA) is 112 Å². The molecule has 1 saturated heterocycles. The van der Waals surface area contributed by atoms with Crippen molar-refractivity contribution in [1.29, 1.82) is 0 Å². The van der Waals surface area contributed by atoms with Gasteiger partial charge < -0.3 is 25.1 Å². The number of hydrogen-bond acceptors (Lipinski definition) is 6. The fourth-order valence-corrected chi connectivity index (χ4v) is 4.28. The van der Waals surface area contributed by atoms with Crippen molar-refractivity contribution in [2.75, 3.05) is 23.3 Å². The zero-order chi connectivity index (χ0) is 21.8. The molecule has 1 fully saturated rings. The second kappa shape index (κ2) is 9.15. The maximum Gasteiger partial charge on any atom is 0.313 e. The number of nitrogens with zero attached hydrogens (tertiary/aromatic N) is 1. The zero-order valence-corrected chi connectivity index (χ0v) is 17.4. The van der Waals surface area contributed by atoms with Crippen LogP contribution in [0.3, 0.4) is 0 Å². The van der Waals surface area contributed by atoms with Crippen LogP contribution in [-0.2, 0) is 14.4 Å². The van der Waals surface area contributed by atoms with Crippen molar-refractivity contribution in [3.05, 3.63) is 59.7 Å². The SMILES string of the molecule is O=C(NCC(O)c1ccc(-c2ccco2)s1)C(=O)Nc1cccc(N2CCCC2=O)c1. The van der Waals surface area contributed by atoms with Crippen LogP contribution in [0.15, 0.2) is 59.2 Å². The summed E-state index contributed by atoms with van der Waals surface area (Å²) in [7, 11) is 0. The minimum absolute atomic E-state index is 0.0407. The van der Waals surface area contributed by atoms with Crippen molar-refractivity contribution in [1.82, 2.24) is 5.32 Å². The summed E-state index contributed by atoms with van der Waals surface area (Å²) in [5, 5.41) is 15.3. The Balaban J connectivity index is 1.31. The molecule has 2 aromatic heterocycles. The number of aliphatic hydroxyl groups excluding tert-OH is 1. The average Bonchev–Trinajstić information content (AvgIpc) is 3.52. The highest BCUT2D eigenvalue weighted by Gasteiger charge is 2.22. The molecular weight excluding hydrogens is 418 g/mol. The van der Waals surface area contributed by atoms with E-state index >= 15 is 0 Å². The van der Waals surface area contributed by atoms with E-state index in [4.69, 9.17) is 4.42 Å². The van der Waals surface area contributed by atoms with Crippen molar-refractivity contribution >= 4 is 40.4 Å². The normalized spacial score (nSPS) is 14.5. The molecule has 31 heavy (non-hydrogen) atoms. The summed E-state index contributed by atoms with van der Waals surface area (Å²) in [5.74, 6) is -0.965. The molecule has 0 aliphatic carbocycles. The van der Waals surface area contributed by atoms with Crippen LogP contribution in [0, 0.1) is 0 Å². The fourth-order valence-electron chi connectivity index (χ4n) is 3.31. The highest BCUT2D eigenvalue weighted by atomic mass is 32.1. The van der Waals surface area contributed by atoms with Crippen LogP contribution < -0.4 is 15.5 Å². The minimum atomic E-state index is -0.949. The van der Waals surface area contributed by atoms with E-state index < -0.39 is 17.9 Å². The molecule has 3 aromatic rings. The standard InChI is InChI=1S/C22H21N3O5S/c26-16(18-8-9-19(31-18)17-6-3-11-30-17)13-23-21(28)22(29)24-14-4-1-5-15(12-14)25-10-2-7-20(25)27/h1,3-6,8-9,11-12,16,26H,2,7,10,13H2,(H,23,28)(H,24,29). The molecule has 9 heteroatoms. The first-order valence-corrected chi connectivity index (χ1v) is 10.6. The van der Waals surface area contributed by atoms with Gasteiger partial charge in [-0.15, -0.1) is 11.3 Å². The molecule has 1 unspecified atom stereocenters. The predicted molar refractivity (Wildman–Crippen MR) is 117 cm³/mol. The molecular formula is C22H21N3O5S. The van der Waals surface area contributed by atoms with Gasteiger partial charge >= 0.3 is 11.8 Å². The number of benzene rings is 1. The summed E-state index contributed by atoms with van der Waals surface area (Å²) in [4.78, 5) is 39.4. The molecule has 1 atom stereocenters. The van der Waals surface area contributed by atoms with E-state index in [0.717, 1.165) is 11.3 Å². The molecule has 0 saturated carbocycles. The molecule has 3 amide bonds. The number of rotatable bonds is 6. The van der Waals surface area contributed by atoms with Crippen molar-refractivity contribution in [2.45, 2.75) is 18.9 Å². The third kappa shape index (κ3) is 4.84. The molecule has 8 nitrogen and oxygen atoms in total. The summed E-state index contributed by atoms with van der Waals surface area (Å²) >= 11 is 1.35. The third-order valence-electron chi connectivity index (χ3n) is 4.87. The van der Waals surface area contributed by atoms with E-state index in [1.54, 1.807) is 47.6 Å². The highest BCUT2D eigenvalue weighted by molar-refractivity contribution is 7.15. The predicted octanol–water partition coefficient (Wildman–Crippen LogP) is 2.92. The molecule has 160 valence electrons. The Bertz CT molecular complexity index is 1090. The monoisotopic (exact) mass is 439 g/mol. The molecule has 3 N–H and O–H groups in total. The van der Waals surface area contributed by atoms with Crippen LogP contribution in [0.5, 0.6) is 0 Å². The van der Waals surface area contributed by atoms with Gasteiger partial charge in [-0.1, -0.05) is 6.07 Å². The maximum absolute atomic E-state index is 12.2. The van der Waals surface area contributed by atoms with E-state index in [-0.39, 0.29) is 12.5 Å². The van der Waals surface area contributed by atoms with E-state index in [2.05, 4.69) is 10.6 Å². The van der Waals surface area contributed by atoms with Gasteiger partial charge in [0.1, 0.15) is 11.9 Å². The largest absolute Gasteiger partial charge is 0.464 e. The van der Waals surface area contributed by atoms with Crippen LogP contribution in [0.4, 0.5) is 11.4 Å². The Labute approximate surface area is 182 Å². The van der Waals surface area contributed by atoms with E-state index in [1.165, 1.54) is 11.3 Å². The second-order valence-electron chi connectivity index (χ2n) is 7.06. The van der Waals surface area contributed by atoms with Crippen LogP contribution in [0.1, 0.15) is 23.8 Å². The van der Waals surface area contributed by atoms with E-state index in [0.29, 0.717) is 35.0 Å². The third-order valence-corrected chi connectivity index (χ3v) is 6.07. The summed E-state index contributed by atoms with van der Waals surface area (Å²) < 4.78 is 5.33. The molecule has 1 aromatic carbocycles. The van der Waals surface area contributed by atoms with Gasteiger partial charge in [-0.25, -0.2) is 0 Å². The number of nitrogens with one attached hydrogen (secondary N) is 2. The van der Waals surface area contributed by atoms with Gasteiger partial charge in [-0.3, -0.25) is 14.4 Å². The first kappa shape index (κ1) is 20.8. The quantitative estimate of drug-likeness (QED) is 0.512. The van der Waals surface area contributed by atoms with Crippen LogP contribution in [0.25, 0.3) is 10.6 Å². The Hall–Kier alpha value is -3.43. The van der Waals surface area contributed by atoms with Crippen LogP contribution in [-0.4, -0.2) is 35.9 Å². The number of anilines is 2. The molecule has 0 radical (unpaired) electrons. The van der Waals surface area contributed by atoms with E-state index in [1.807, 2.05) is 12.1 Å². The number of carbonyl (C=O) groups excluding carboxylic acids is 3. The van der Waals surface area contributed by atoms with Crippen molar-refractivity contribution in [2.24, 2.45) is 0 Å². The van der Waals surface area contributed by atoms with Gasteiger partial charge in [0, 0.05) is 35.8 Å². The van der Waals surface area contributed by atoms with Gasteiger partial charge in [-0.2, -0.15) is 0 Å². The van der Waals surface area contributed by atoms with Crippen LogP contribution >= 0.6 is 11.3 Å². The average molecular weight is 439 g/mol. The Morgan fingerprint density at radius 2 is 2.03 bits per heavy atom. The first-order chi connectivity index (χ1) is 15.0. The Kier molecular flexibility index (Phi) is 6.15. The Morgan fingerprint density at radius 3 is 2.77 bits per heavy atom. The number of aliphatic hydroxyl groups is 1. The minimum Gasteiger partial charge on any atom is -0.464 e. The molecule has 0 bridgehead atoms. The summed E-state index contributed by atoms with van der Waals surface area (Å²) in [5.41, 5.74) is 1.10. The van der Waals surface area contributed by atoms with Gasteiger partial charge in [-0.05, 0) is 48.9 Å². The smallest absolute Gasteiger partial charge is 0.313 e. The van der Waals surface area contributed by atoms with Gasteiger partial charge in [0.15, 0.2) is 0 Å².